The van der Waals surface area contributed by atoms with Crippen molar-refractivity contribution in [2.24, 2.45) is 0 Å². The Bertz CT molecular complexity index is 516. The number of carbonyl (C=O) groups excluding carboxylic acids is 1. The van der Waals surface area contributed by atoms with Crippen molar-refractivity contribution in [3.05, 3.63) is 35.4 Å². The van der Waals surface area contributed by atoms with Gasteiger partial charge in [-0.3, -0.25) is 4.79 Å². The number of nitrogens with zero attached hydrogens (tertiary/aromatic N) is 1. The van der Waals surface area contributed by atoms with Crippen LogP contribution in [0.3, 0.4) is 0 Å². The minimum atomic E-state index is -4.36. The van der Waals surface area contributed by atoms with Gasteiger partial charge in [0.15, 0.2) is 0 Å². The number of likely N-dealkylation sites (tertiary alicyclic amines) is 1. The second-order valence-electron chi connectivity index (χ2n) is 5.48. The monoisotopic (exact) mass is 300 g/mol. The predicted molar refractivity (Wildman–Crippen MR) is 73.7 cm³/mol. The van der Waals surface area contributed by atoms with Crippen LogP contribution in [0.4, 0.5) is 13.2 Å². The van der Waals surface area contributed by atoms with Gasteiger partial charge < -0.3 is 10.2 Å². The summed E-state index contributed by atoms with van der Waals surface area (Å²) in [4.78, 5) is 13.0. The molecule has 2 atom stereocenters. The molecule has 1 fully saturated rings. The zero-order valence-electron chi connectivity index (χ0n) is 12.1. The molecule has 0 saturated carbocycles. The first-order valence-corrected chi connectivity index (χ1v) is 6.95. The summed E-state index contributed by atoms with van der Waals surface area (Å²) >= 11 is 0. The Morgan fingerprint density at radius 3 is 2.62 bits per heavy atom. The van der Waals surface area contributed by atoms with E-state index in [0.717, 1.165) is 6.07 Å². The number of amides is 1. The minimum absolute atomic E-state index is 0.0176. The van der Waals surface area contributed by atoms with Gasteiger partial charge in [-0.25, -0.2) is 0 Å². The number of piperidine rings is 1. The number of hydrogen-bond donors (Lipinski definition) is 1. The molecule has 6 heteroatoms. The third-order valence-corrected chi connectivity index (χ3v) is 3.85. The van der Waals surface area contributed by atoms with Gasteiger partial charge >= 0.3 is 6.18 Å². The van der Waals surface area contributed by atoms with Crippen LogP contribution in [0.25, 0.3) is 0 Å². The van der Waals surface area contributed by atoms with Crippen LogP contribution >= 0.6 is 0 Å². The zero-order chi connectivity index (χ0) is 15.6. The summed E-state index contributed by atoms with van der Waals surface area (Å²) in [5, 5.41) is 3.20. The number of halogens is 3. The molecule has 116 valence electrons. The van der Waals surface area contributed by atoms with Crippen molar-refractivity contribution < 1.29 is 18.0 Å². The van der Waals surface area contributed by atoms with Gasteiger partial charge in [0.2, 0.25) is 5.91 Å². The van der Waals surface area contributed by atoms with Crippen LogP contribution in [0.5, 0.6) is 0 Å². The number of likely N-dealkylation sites (N-methyl/N-ethyl adjacent to an activating group) is 1. The van der Waals surface area contributed by atoms with Crippen molar-refractivity contribution in [3.8, 4) is 0 Å². The van der Waals surface area contributed by atoms with Gasteiger partial charge in [-0.2, -0.15) is 13.2 Å². The molecule has 3 nitrogen and oxygen atoms in total. The second-order valence-corrected chi connectivity index (χ2v) is 5.48. The van der Waals surface area contributed by atoms with Crippen LogP contribution in [0.2, 0.25) is 0 Å². The molecule has 1 aliphatic rings. The van der Waals surface area contributed by atoms with Gasteiger partial charge in [0, 0.05) is 32.1 Å². The highest BCUT2D eigenvalue weighted by Crippen LogP contribution is 2.34. The van der Waals surface area contributed by atoms with Gasteiger partial charge in [0.25, 0.3) is 0 Å². The van der Waals surface area contributed by atoms with E-state index in [1.54, 1.807) is 24.9 Å². The topological polar surface area (TPSA) is 32.3 Å². The summed E-state index contributed by atoms with van der Waals surface area (Å²) in [6.45, 7) is 2.25. The van der Waals surface area contributed by atoms with Gasteiger partial charge in [0.1, 0.15) is 0 Å². The lowest BCUT2D eigenvalue weighted by molar-refractivity contribution is -0.138. The lowest BCUT2D eigenvalue weighted by Crippen LogP contribution is -2.47. The van der Waals surface area contributed by atoms with Crippen LogP contribution in [0, 0.1) is 0 Å². The van der Waals surface area contributed by atoms with E-state index < -0.39 is 17.8 Å². The normalized spacial score (nSPS) is 21.5. The maximum absolute atomic E-state index is 13.0. The summed E-state index contributed by atoms with van der Waals surface area (Å²) in [6, 6.07) is 5.20. The quantitative estimate of drug-likeness (QED) is 0.931. The Morgan fingerprint density at radius 2 is 2.00 bits per heavy atom. The number of rotatable bonds is 3. The number of nitrogens with one attached hydrogen (secondary N) is 1. The van der Waals surface area contributed by atoms with Gasteiger partial charge in [-0.1, -0.05) is 18.2 Å². The fourth-order valence-corrected chi connectivity index (χ4v) is 2.72. The second kappa shape index (κ2) is 6.05. The smallest absolute Gasteiger partial charge is 0.344 e. The van der Waals surface area contributed by atoms with Gasteiger partial charge in [0.05, 0.1) is 5.56 Å². The average Bonchev–Trinajstić information content (AvgIpc) is 2.42. The maximum atomic E-state index is 13.0. The summed E-state index contributed by atoms with van der Waals surface area (Å²) in [5.74, 6) is 0.0800. The Kier molecular flexibility index (Phi) is 4.56. The van der Waals surface area contributed by atoms with E-state index >= 15 is 0 Å². The maximum Gasteiger partial charge on any atom is 0.416 e. The van der Waals surface area contributed by atoms with Crippen molar-refractivity contribution in [2.45, 2.75) is 38.0 Å². The lowest BCUT2D eigenvalue weighted by Gasteiger charge is -2.33. The number of alkyl halides is 3. The Hall–Kier alpha value is -1.56. The molecule has 0 radical (unpaired) electrons. The Morgan fingerprint density at radius 1 is 1.33 bits per heavy atom. The third kappa shape index (κ3) is 3.75. The van der Waals surface area contributed by atoms with Crippen molar-refractivity contribution in [3.63, 3.8) is 0 Å². The highest BCUT2D eigenvalue weighted by Gasteiger charge is 2.34. The van der Waals surface area contributed by atoms with E-state index in [9.17, 15) is 18.0 Å². The molecule has 1 amide bonds. The third-order valence-electron chi connectivity index (χ3n) is 3.85. The first-order valence-electron chi connectivity index (χ1n) is 6.95. The van der Waals surface area contributed by atoms with E-state index in [2.05, 4.69) is 5.32 Å². The molecule has 21 heavy (non-hydrogen) atoms. The minimum Gasteiger partial charge on any atom is -0.344 e. The summed E-state index contributed by atoms with van der Waals surface area (Å²) < 4.78 is 39.1. The number of carbonyl (C=O) groups is 1. The Balaban J connectivity index is 2.11. The molecular weight excluding hydrogens is 281 g/mol. The molecular formula is C15H19F3N2O. The molecule has 2 rings (SSSR count). The van der Waals surface area contributed by atoms with Crippen molar-refractivity contribution in [1.29, 1.82) is 0 Å². The highest BCUT2D eigenvalue weighted by molar-refractivity contribution is 5.76. The molecule has 1 N–H and O–H groups in total. The summed E-state index contributed by atoms with van der Waals surface area (Å²) in [6.07, 6.45) is -3.27. The first kappa shape index (κ1) is 15.8. The van der Waals surface area contributed by atoms with Crippen LogP contribution in [0.1, 0.15) is 36.9 Å². The molecule has 0 spiro atoms. The van der Waals surface area contributed by atoms with E-state index in [-0.39, 0.29) is 17.5 Å². The largest absolute Gasteiger partial charge is 0.416 e. The molecule has 1 aromatic rings. The molecule has 0 aromatic heterocycles. The van der Waals surface area contributed by atoms with E-state index in [1.807, 2.05) is 0 Å². The molecule has 1 heterocycles. The van der Waals surface area contributed by atoms with Crippen LogP contribution in [-0.4, -0.2) is 30.4 Å². The van der Waals surface area contributed by atoms with Gasteiger partial charge in [-0.05, 0) is 25.0 Å². The number of hydrogen-bond acceptors (Lipinski definition) is 2. The predicted octanol–water partition coefficient (Wildman–Crippen LogP) is 2.98. The fraction of sp³-hybridized carbons (Fsp3) is 0.533. The molecule has 2 unspecified atom stereocenters. The molecule has 0 bridgehead atoms. The van der Waals surface area contributed by atoms with Crippen molar-refractivity contribution >= 4 is 5.91 Å². The van der Waals surface area contributed by atoms with E-state index in [1.165, 1.54) is 12.1 Å². The number of benzene rings is 1. The van der Waals surface area contributed by atoms with E-state index in [0.29, 0.717) is 19.4 Å². The lowest BCUT2D eigenvalue weighted by atomic mass is 9.98. The van der Waals surface area contributed by atoms with Gasteiger partial charge in [-0.15, -0.1) is 0 Å². The van der Waals surface area contributed by atoms with Crippen LogP contribution in [0.15, 0.2) is 24.3 Å². The molecule has 1 aromatic carbocycles. The SMILES string of the molecule is CC(NC1CCC(=O)N(C)C1)c1ccccc1C(F)(F)F. The molecule has 1 saturated heterocycles. The highest BCUT2D eigenvalue weighted by atomic mass is 19.4. The molecule has 0 aliphatic carbocycles. The van der Waals surface area contributed by atoms with Crippen LogP contribution < -0.4 is 5.32 Å². The van der Waals surface area contributed by atoms with Crippen molar-refractivity contribution in [2.75, 3.05) is 13.6 Å². The Labute approximate surface area is 122 Å². The average molecular weight is 300 g/mol. The first-order chi connectivity index (χ1) is 9.79. The molecule has 1 aliphatic heterocycles. The standard InChI is InChI=1S/C15H19F3N2O/c1-10(19-11-7-8-14(21)20(2)9-11)12-5-3-4-6-13(12)15(16,17)18/h3-6,10-11,19H,7-9H2,1-2H3. The van der Waals surface area contributed by atoms with Crippen molar-refractivity contribution in [1.82, 2.24) is 10.2 Å². The summed E-state index contributed by atoms with van der Waals surface area (Å²) in [5.41, 5.74) is -0.366. The van der Waals surface area contributed by atoms with E-state index in [4.69, 9.17) is 0 Å². The van der Waals surface area contributed by atoms with Crippen LogP contribution in [-0.2, 0) is 11.0 Å². The zero-order valence-corrected chi connectivity index (χ0v) is 12.1. The summed E-state index contributed by atoms with van der Waals surface area (Å²) in [7, 11) is 1.71. The fourth-order valence-electron chi connectivity index (χ4n) is 2.72.